The number of nitrogens with two attached hydrogens (primary N) is 1. The first-order valence-electron chi connectivity index (χ1n) is 3.14. The molecule has 0 aliphatic rings. The average molecular weight is 154 g/mol. The zero-order valence-corrected chi connectivity index (χ0v) is 5.86. The molecule has 60 valence electrons. The molecule has 0 bridgehead atoms. The molecule has 0 aliphatic carbocycles. The molecular weight excluding hydrogens is 144 g/mol. The van der Waals surface area contributed by atoms with E-state index in [-0.39, 0.29) is 0 Å². The molecule has 1 rings (SSSR count). The molecule has 0 spiro atoms. The zero-order chi connectivity index (χ0) is 8.10. The highest BCUT2D eigenvalue weighted by Gasteiger charge is 1.97. The molecule has 0 saturated heterocycles. The summed E-state index contributed by atoms with van der Waals surface area (Å²) in [6.45, 7) is 0. The normalized spacial score (nSPS) is 12.5. The first kappa shape index (κ1) is 7.93. The average Bonchev–Trinajstić information content (AvgIpc) is 2.06. The quantitative estimate of drug-likeness (QED) is 0.261. The Kier molecular flexibility index (Phi) is 2.79. The van der Waals surface area contributed by atoms with E-state index in [4.69, 9.17) is 10.9 Å². The first-order chi connectivity index (χ1) is 5.33. The molecule has 11 heavy (non-hydrogen) atoms. The zero-order valence-electron chi connectivity index (χ0n) is 5.86. The molecule has 0 unspecified atom stereocenters. The third kappa shape index (κ3) is 2.50. The predicted molar refractivity (Wildman–Crippen MR) is 41.2 cm³/mol. The first-order valence-corrected chi connectivity index (χ1v) is 3.14. The molecule has 0 saturated carbocycles. The van der Waals surface area contributed by atoms with Crippen molar-refractivity contribution in [2.75, 3.05) is 5.32 Å². The van der Waals surface area contributed by atoms with E-state index in [0.717, 1.165) is 0 Å². The number of aliphatic hydroxyl groups is 1. The van der Waals surface area contributed by atoms with Gasteiger partial charge < -0.3 is 10.4 Å². The number of hydrogen-bond acceptors (Lipinski definition) is 5. The number of hydrazine groups is 1. The molecule has 5 N–H and O–H groups in total. The second-order valence-electron chi connectivity index (χ2n) is 1.93. The number of aromatic nitrogens is 1. The highest BCUT2D eigenvalue weighted by Crippen LogP contribution is 1.98. The highest BCUT2D eigenvalue weighted by molar-refractivity contribution is 5.33. The van der Waals surface area contributed by atoms with Gasteiger partial charge in [0.15, 0.2) is 6.35 Å². The largest absolute Gasteiger partial charge is 0.360 e. The second-order valence-corrected chi connectivity index (χ2v) is 1.93. The van der Waals surface area contributed by atoms with Crippen molar-refractivity contribution in [2.45, 2.75) is 6.35 Å². The molecule has 1 aromatic heterocycles. The number of anilines is 1. The summed E-state index contributed by atoms with van der Waals surface area (Å²) in [7, 11) is 0. The van der Waals surface area contributed by atoms with Gasteiger partial charge in [-0.3, -0.25) is 5.84 Å². The fourth-order valence-corrected chi connectivity index (χ4v) is 0.630. The highest BCUT2D eigenvalue weighted by atomic mass is 16.3. The van der Waals surface area contributed by atoms with Crippen LogP contribution in [0.2, 0.25) is 0 Å². The molecule has 0 fully saturated rings. The van der Waals surface area contributed by atoms with E-state index in [1.54, 1.807) is 24.4 Å². The predicted octanol–water partition coefficient (Wildman–Crippen LogP) is -0.767. The lowest BCUT2D eigenvalue weighted by Gasteiger charge is -2.10. The Balaban J connectivity index is 2.51. The summed E-state index contributed by atoms with van der Waals surface area (Å²) < 4.78 is 0. The SMILES string of the molecule is NN[C@H](O)Nc1ccccn1. The van der Waals surface area contributed by atoms with Crippen LogP contribution in [0, 0.1) is 0 Å². The van der Waals surface area contributed by atoms with Crippen LogP contribution in [-0.2, 0) is 0 Å². The minimum Gasteiger partial charge on any atom is -0.360 e. The van der Waals surface area contributed by atoms with Crippen molar-refractivity contribution in [1.29, 1.82) is 0 Å². The number of nitrogens with zero attached hydrogens (tertiary/aromatic N) is 1. The van der Waals surface area contributed by atoms with Crippen molar-refractivity contribution >= 4 is 5.82 Å². The maximum Gasteiger partial charge on any atom is 0.195 e. The van der Waals surface area contributed by atoms with Crippen LogP contribution in [-0.4, -0.2) is 16.4 Å². The van der Waals surface area contributed by atoms with Crippen molar-refractivity contribution in [1.82, 2.24) is 10.4 Å². The number of pyridine rings is 1. The van der Waals surface area contributed by atoms with E-state index in [9.17, 15) is 0 Å². The van der Waals surface area contributed by atoms with E-state index in [2.05, 4.69) is 15.7 Å². The number of nitrogens with one attached hydrogen (secondary N) is 2. The van der Waals surface area contributed by atoms with Crippen molar-refractivity contribution < 1.29 is 5.11 Å². The maximum absolute atomic E-state index is 8.92. The Morgan fingerprint density at radius 2 is 2.36 bits per heavy atom. The van der Waals surface area contributed by atoms with Crippen LogP contribution in [0.1, 0.15) is 0 Å². The third-order valence-corrected chi connectivity index (χ3v) is 1.11. The minimum absolute atomic E-state index is 0.568. The van der Waals surface area contributed by atoms with Crippen LogP contribution in [0.4, 0.5) is 5.82 Å². The molecular formula is C6H10N4O. The summed E-state index contributed by atoms with van der Waals surface area (Å²) in [5.74, 6) is 5.50. The lowest BCUT2D eigenvalue weighted by Crippen LogP contribution is -2.40. The van der Waals surface area contributed by atoms with Crippen LogP contribution >= 0.6 is 0 Å². The topological polar surface area (TPSA) is 83.2 Å². The molecule has 5 nitrogen and oxygen atoms in total. The Morgan fingerprint density at radius 3 is 2.91 bits per heavy atom. The summed E-state index contributed by atoms with van der Waals surface area (Å²) in [6, 6.07) is 5.31. The Morgan fingerprint density at radius 1 is 1.55 bits per heavy atom. The van der Waals surface area contributed by atoms with Crippen LogP contribution in [0.25, 0.3) is 0 Å². The van der Waals surface area contributed by atoms with Gasteiger partial charge in [-0.25, -0.2) is 10.4 Å². The molecule has 1 aromatic rings. The van der Waals surface area contributed by atoms with E-state index in [0.29, 0.717) is 5.82 Å². The Hall–Kier alpha value is -1.17. The van der Waals surface area contributed by atoms with Gasteiger partial charge in [-0.05, 0) is 12.1 Å². The van der Waals surface area contributed by atoms with Crippen LogP contribution in [0.5, 0.6) is 0 Å². The van der Waals surface area contributed by atoms with Gasteiger partial charge in [0.2, 0.25) is 0 Å². The van der Waals surface area contributed by atoms with Gasteiger partial charge in [0, 0.05) is 6.20 Å². The Labute approximate surface area is 64.2 Å². The van der Waals surface area contributed by atoms with Crippen LogP contribution in [0.3, 0.4) is 0 Å². The van der Waals surface area contributed by atoms with Gasteiger partial charge in [-0.2, -0.15) is 0 Å². The van der Waals surface area contributed by atoms with Gasteiger partial charge in [0.05, 0.1) is 0 Å². The standard InChI is InChI=1S/C6H10N4O/c7-10-6(11)9-5-3-1-2-4-8-5/h1-4,6,10-11H,7H2,(H,8,9)/t6-/m1/s1. The summed E-state index contributed by atoms with van der Waals surface area (Å²) in [5.41, 5.74) is 2.12. The minimum atomic E-state index is -0.968. The van der Waals surface area contributed by atoms with Gasteiger partial charge in [0.1, 0.15) is 5.82 Å². The maximum atomic E-state index is 8.92. The van der Waals surface area contributed by atoms with Gasteiger partial charge >= 0.3 is 0 Å². The smallest absolute Gasteiger partial charge is 0.195 e. The molecule has 1 atom stereocenters. The van der Waals surface area contributed by atoms with Gasteiger partial charge in [-0.15, -0.1) is 0 Å². The van der Waals surface area contributed by atoms with Crippen LogP contribution < -0.4 is 16.6 Å². The van der Waals surface area contributed by atoms with Gasteiger partial charge in [0.25, 0.3) is 0 Å². The van der Waals surface area contributed by atoms with Gasteiger partial charge in [-0.1, -0.05) is 6.07 Å². The molecule has 0 aromatic carbocycles. The fraction of sp³-hybridized carbons (Fsp3) is 0.167. The van der Waals surface area contributed by atoms with Crippen molar-refractivity contribution in [3.8, 4) is 0 Å². The lowest BCUT2D eigenvalue weighted by molar-refractivity contribution is 0.166. The van der Waals surface area contributed by atoms with Crippen LogP contribution in [0.15, 0.2) is 24.4 Å². The van der Waals surface area contributed by atoms with Crippen molar-refractivity contribution in [3.05, 3.63) is 24.4 Å². The van der Waals surface area contributed by atoms with E-state index in [1.807, 2.05) is 0 Å². The molecule has 0 radical (unpaired) electrons. The number of hydrogen-bond donors (Lipinski definition) is 4. The fourth-order valence-electron chi connectivity index (χ4n) is 0.630. The molecule has 0 aliphatic heterocycles. The monoisotopic (exact) mass is 154 g/mol. The summed E-state index contributed by atoms with van der Waals surface area (Å²) >= 11 is 0. The van der Waals surface area contributed by atoms with E-state index in [1.165, 1.54) is 0 Å². The molecule has 1 heterocycles. The second kappa shape index (κ2) is 3.87. The number of aliphatic hydroxyl groups excluding tert-OH is 1. The lowest BCUT2D eigenvalue weighted by atomic mass is 10.5. The third-order valence-electron chi connectivity index (χ3n) is 1.11. The number of rotatable bonds is 3. The molecule has 0 amide bonds. The molecule has 5 heteroatoms. The van der Waals surface area contributed by atoms with E-state index < -0.39 is 6.35 Å². The van der Waals surface area contributed by atoms with Crippen molar-refractivity contribution in [2.24, 2.45) is 5.84 Å². The Bertz CT molecular complexity index is 203. The van der Waals surface area contributed by atoms with E-state index >= 15 is 0 Å². The summed E-state index contributed by atoms with van der Waals surface area (Å²) in [6.07, 6.45) is 0.649. The van der Waals surface area contributed by atoms with Crippen molar-refractivity contribution in [3.63, 3.8) is 0 Å². The summed E-state index contributed by atoms with van der Waals surface area (Å²) in [5, 5.41) is 11.5. The summed E-state index contributed by atoms with van der Waals surface area (Å²) in [4.78, 5) is 3.90.